The summed E-state index contributed by atoms with van der Waals surface area (Å²) < 4.78 is 1.37. The third-order valence-corrected chi connectivity index (χ3v) is 3.28. The van der Waals surface area contributed by atoms with E-state index in [4.69, 9.17) is 0 Å². The second-order valence-corrected chi connectivity index (χ2v) is 4.24. The average molecular weight is 216 g/mol. The van der Waals surface area contributed by atoms with Crippen LogP contribution in [0.2, 0.25) is 0 Å². The predicted molar refractivity (Wildman–Crippen MR) is 61.7 cm³/mol. The normalized spacial score (nSPS) is 16.2. The average Bonchev–Trinajstić information content (AvgIpc) is 2.21. The van der Waals surface area contributed by atoms with Crippen LogP contribution in [0.15, 0.2) is 33.9 Å². The van der Waals surface area contributed by atoms with E-state index in [0.29, 0.717) is 10.9 Å². The number of H-pyrrole nitrogens is 1. The summed E-state index contributed by atoms with van der Waals surface area (Å²) in [6.07, 6.45) is 2.96. The quantitative estimate of drug-likeness (QED) is 0.783. The van der Waals surface area contributed by atoms with Crippen LogP contribution in [-0.4, -0.2) is 9.55 Å². The highest BCUT2D eigenvalue weighted by atomic mass is 16.2. The number of hydrogen-bond donors (Lipinski definition) is 1. The zero-order valence-corrected chi connectivity index (χ0v) is 8.77. The molecule has 0 atom stereocenters. The molecule has 0 radical (unpaired) electrons. The lowest BCUT2D eigenvalue weighted by Crippen LogP contribution is -2.40. The molecule has 0 saturated heterocycles. The van der Waals surface area contributed by atoms with Crippen LogP contribution in [0, 0.1) is 0 Å². The predicted octanol–water partition coefficient (Wildman–Crippen LogP) is 1.41. The van der Waals surface area contributed by atoms with E-state index in [1.54, 1.807) is 12.1 Å². The van der Waals surface area contributed by atoms with Crippen LogP contribution in [0.25, 0.3) is 10.9 Å². The molecule has 1 saturated carbocycles. The van der Waals surface area contributed by atoms with Gasteiger partial charge in [-0.1, -0.05) is 12.1 Å². The molecule has 1 N–H and O–H groups in total. The van der Waals surface area contributed by atoms with Gasteiger partial charge in [-0.3, -0.25) is 9.36 Å². The zero-order valence-electron chi connectivity index (χ0n) is 8.77. The summed E-state index contributed by atoms with van der Waals surface area (Å²) in [6, 6.07) is 7.23. The van der Waals surface area contributed by atoms with Gasteiger partial charge in [-0.25, -0.2) is 4.79 Å². The Balaban J connectivity index is 2.37. The first-order valence-corrected chi connectivity index (χ1v) is 5.51. The van der Waals surface area contributed by atoms with E-state index in [9.17, 15) is 9.59 Å². The van der Waals surface area contributed by atoms with Crippen molar-refractivity contribution in [3.63, 3.8) is 0 Å². The van der Waals surface area contributed by atoms with Crippen molar-refractivity contribution in [3.05, 3.63) is 45.1 Å². The van der Waals surface area contributed by atoms with E-state index in [-0.39, 0.29) is 17.3 Å². The Morgan fingerprint density at radius 3 is 2.62 bits per heavy atom. The minimum Gasteiger partial charge on any atom is -0.307 e. The minimum absolute atomic E-state index is 0.0980. The van der Waals surface area contributed by atoms with Crippen molar-refractivity contribution in [1.82, 2.24) is 9.55 Å². The van der Waals surface area contributed by atoms with Crippen LogP contribution < -0.4 is 11.2 Å². The SMILES string of the molecule is O=c1[nH]c2ccccc2c(=O)n1C1CCC1. The molecule has 4 heteroatoms. The summed E-state index contributed by atoms with van der Waals surface area (Å²) in [5, 5.41) is 0.592. The summed E-state index contributed by atoms with van der Waals surface area (Å²) in [4.78, 5) is 26.7. The fourth-order valence-corrected chi connectivity index (χ4v) is 2.15. The highest BCUT2D eigenvalue weighted by Crippen LogP contribution is 2.29. The van der Waals surface area contributed by atoms with Crippen molar-refractivity contribution in [2.75, 3.05) is 0 Å². The van der Waals surface area contributed by atoms with E-state index >= 15 is 0 Å². The fourth-order valence-electron chi connectivity index (χ4n) is 2.15. The van der Waals surface area contributed by atoms with Gasteiger partial charge in [0.1, 0.15) is 0 Å². The summed E-state index contributed by atoms with van der Waals surface area (Å²) in [5.74, 6) is 0. The standard InChI is InChI=1S/C12H12N2O2/c15-11-9-6-1-2-7-10(9)13-12(16)14(11)8-4-3-5-8/h1-2,6-8H,3-5H2,(H,13,16). The van der Waals surface area contributed by atoms with E-state index in [1.165, 1.54) is 4.57 Å². The molecule has 1 fully saturated rings. The van der Waals surface area contributed by atoms with Gasteiger partial charge in [-0.05, 0) is 31.4 Å². The Bertz CT molecular complexity index is 650. The van der Waals surface area contributed by atoms with Crippen molar-refractivity contribution in [2.45, 2.75) is 25.3 Å². The second kappa shape index (κ2) is 3.33. The molecule has 3 rings (SSSR count). The number of hydrogen-bond acceptors (Lipinski definition) is 2. The molecule has 1 heterocycles. The Labute approximate surface area is 91.5 Å². The number of fused-ring (bicyclic) bond motifs is 1. The molecule has 0 aliphatic heterocycles. The largest absolute Gasteiger partial charge is 0.329 e. The molecule has 0 spiro atoms. The summed E-state index contributed by atoms with van der Waals surface area (Å²) in [7, 11) is 0. The molecule has 1 aliphatic rings. The van der Waals surface area contributed by atoms with E-state index < -0.39 is 0 Å². The van der Waals surface area contributed by atoms with Crippen LogP contribution in [0.5, 0.6) is 0 Å². The molecular formula is C12H12N2O2. The van der Waals surface area contributed by atoms with Crippen molar-refractivity contribution in [1.29, 1.82) is 0 Å². The van der Waals surface area contributed by atoms with Crippen molar-refractivity contribution < 1.29 is 0 Å². The summed E-state index contributed by atoms with van der Waals surface area (Å²) >= 11 is 0. The molecular weight excluding hydrogens is 204 g/mol. The third-order valence-electron chi connectivity index (χ3n) is 3.28. The Morgan fingerprint density at radius 1 is 1.19 bits per heavy atom. The summed E-state index contributed by atoms with van der Waals surface area (Å²) in [6.45, 7) is 0. The first-order chi connectivity index (χ1) is 7.77. The van der Waals surface area contributed by atoms with Crippen LogP contribution in [0.1, 0.15) is 25.3 Å². The number of aromatic amines is 1. The highest BCUT2D eigenvalue weighted by Gasteiger charge is 2.23. The van der Waals surface area contributed by atoms with Crippen molar-refractivity contribution in [2.24, 2.45) is 0 Å². The molecule has 0 amide bonds. The maximum atomic E-state index is 12.1. The molecule has 4 nitrogen and oxygen atoms in total. The second-order valence-electron chi connectivity index (χ2n) is 4.24. The fraction of sp³-hybridized carbons (Fsp3) is 0.333. The molecule has 1 aliphatic carbocycles. The zero-order chi connectivity index (χ0) is 11.1. The van der Waals surface area contributed by atoms with Gasteiger partial charge in [0.05, 0.1) is 10.9 Å². The molecule has 2 aromatic rings. The van der Waals surface area contributed by atoms with Crippen molar-refractivity contribution in [3.8, 4) is 0 Å². The molecule has 1 aromatic carbocycles. The van der Waals surface area contributed by atoms with Gasteiger partial charge in [0.2, 0.25) is 0 Å². The van der Waals surface area contributed by atoms with E-state index in [0.717, 1.165) is 19.3 Å². The van der Waals surface area contributed by atoms with Gasteiger partial charge >= 0.3 is 5.69 Å². The number of rotatable bonds is 1. The minimum atomic E-state index is -0.284. The van der Waals surface area contributed by atoms with Crippen LogP contribution in [0.4, 0.5) is 0 Å². The molecule has 1 aromatic heterocycles. The first-order valence-electron chi connectivity index (χ1n) is 5.51. The molecule has 0 bridgehead atoms. The maximum Gasteiger partial charge on any atom is 0.329 e. The number of para-hydroxylation sites is 1. The number of nitrogens with zero attached hydrogens (tertiary/aromatic N) is 1. The van der Waals surface area contributed by atoms with Crippen molar-refractivity contribution >= 4 is 10.9 Å². The van der Waals surface area contributed by atoms with Gasteiger partial charge in [0.15, 0.2) is 0 Å². The Hall–Kier alpha value is -1.84. The highest BCUT2D eigenvalue weighted by molar-refractivity contribution is 5.76. The van der Waals surface area contributed by atoms with E-state index in [2.05, 4.69) is 4.98 Å². The molecule has 82 valence electrons. The molecule has 0 unspecified atom stereocenters. The van der Waals surface area contributed by atoms with Gasteiger partial charge in [0.25, 0.3) is 5.56 Å². The van der Waals surface area contributed by atoms with Crippen LogP contribution >= 0.6 is 0 Å². The van der Waals surface area contributed by atoms with Crippen LogP contribution in [0.3, 0.4) is 0 Å². The van der Waals surface area contributed by atoms with Gasteiger partial charge in [-0.2, -0.15) is 0 Å². The monoisotopic (exact) mass is 216 g/mol. The smallest absolute Gasteiger partial charge is 0.307 e. The molecule has 16 heavy (non-hydrogen) atoms. The topological polar surface area (TPSA) is 54.9 Å². The number of aromatic nitrogens is 2. The lowest BCUT2D eigenvalue weighted by Gasteiger charge is -2.26. The number of nitrogens with one attached hydrogen (secondary N) is 1. The Morgan fingerprint density at radius 2 is 1.94 bits per heavy atom. The lowest BCUT2D eigenvalue weighted by atomic mass is 9.93. The van der Waals surface area contributed by atoms with E-state index in [1.807, 2.05) is 12.1 Å². The summed E-state index contributed by atoms with van der Waals surface area (Å²) in [5.41, 5.74) is 0.172. The van der Waals surface area contributed by atoms with Gasteiger partial charge in [0, 0.05) is 6.04 Å². The maximum absolute atomic E-state index is 12.1. The van der Waals surface area contributed by atoms with Crippen LogP contribution in [-0.2, 0) is 0 Å². The van der Waals surface area contributed by atoms with Gasteiger partial charge < -0.3 is 4.98 Å². The number of benzene rings is 1. The third kappa shape index (κ3) is 1.23. The van der Waals surface area contributed by atoms with Gasteiger partial charge in [-0.15, -0.1) is 0 Å². The lowest BCUT2D eigenvalue weighted by molar-refractivity contribution is 0.298. The first kappa shape index (κ1) is 9.39. The Kier molecular flexibility index (Phi) is 1.96.